The topological polar surface area (TPSA) is 73.4 Å². The zero-order chi connectivity index (χ0) is 18.3. The van der Waals surface area contributed by atoms with Crippen LogP contribution in [0.15, 0.2) is 36.8 Å². The van der Waals surface area contributed by atoms with Gasteiger partial charge in [0.15, 0.2) is 18.0 Å². The molecule has 8 heteroatoms. The molecule has 3 aromatic heterocycles. The van der Waals surface area contributed by atoms with E-state index in [2.05, 4.69) is 20.4 Å². The number of rotatable bonds is 5. The molecule has 1 atom stereocenters. The summed E-state index contributed by atoms with van der Waals surface area (Å²) < 4.78 is 27.9. The molecule has 134 valence electrons. The van der Waals surface area contributed by atoms with Gasteiger partial charge in [0.2, 0.25) is 0 Å². The molecule has 6 nitrogen and oxygen atoms in total. The van der Waals surface area contributed by atoms with E-state index >= 15 is 0 Å². The molecular formula is C18H18F2N5O+. The molecule has 3 heterocycles. The van der Waals surface area contributed by atoms with Gasteiger partial charge >= 0.3 is 0 Å². The first-order valence-corrected chi connectivity index (χ1v) is 8.48. The summed E-state index contributed by atoms with van der Waals surface area (Å²) in [5.74, 6) is -0.191. The van der Waals surface area contributed by atoms with Crippen LogP contribution in [0.2, 0.25) is 0 Å². The van der Waals surface area contributed by atoms with Crippen LogP contribution >= 0.6 is 0 Å². The molecule has 1 aliphatic rings. The van der Waals surface area contributed by atoms with Crippen LogP contribution in [-0.4, -0.2) is 20.5 Å². The van der Waals surface area contributed by atoms with Gasteiger partial charge in [-0.2, -0.15) is 5.10 Å². The Labute approximate surface area is 148 Å². The zero-order valence-corrected chi connectivity index (χ0v) is 14.1. The lowest BCUT2D eigenvalue weighted by Gasteiger charge is -2.13. The molecule has 26 heavy (non-hydrogen) atoms. The third kappa shape index (κ3) is 3.02. The van der Waals surface area contributed by atoms with E-state index in [1.807, 2.05) is 19.1 Å². The Bertz CT molecular complexity index is 953. The van der Waals surface area contributed by atoms with Gasteiger partial charge in [0.05, 0.1) is 12.2 Å². The van der Waals surface area contributed by atoms with Crippen LogP contribution in [0.1, 0.15) is 65.5 Å². The number of fused-ring (bicyclic) bond motifs is 1. The van der Waals surface area contributed by atoms with Crippen LogP contribution in [-0.2, 0) is 0 Å². The summed E-state index contributed by atoms with van der Waals surface area (Å²) >= 11 is 0. The van der Waals surface area contributed by atoms with Gasteiger partial charge in [-0.1, -0.05) is 0 Å². The maximum absolute atomic E-state index is 13.4. The SMILES string of the molecule is CC(NC(=O)c1cnn2c(C(F)F)cc(C3CC3)nc12)c1cc[nH+]cc1. The first-order valence-electron chi connectivity index (χ1n) is 8.48. The van der Waals surface area contributed by atoms with Crippen molar-refractivity contribution in [1.82, 2.24) is 19.9 Å². The highest BCUT2D eigenvalue weighted by Gasteiger charge is 2.29. The second-order valence-electron chi connectivity index (χ2n) is 6.50. The van der Waals surface area contributed by atoms with Crippen LogP contribution in [0.25, 0.3) is 5.65 Å². The highest BCUT2D eigenvalue weighted by molar-refractivity contribution is 5.99. The standard InChI is InChI=1S/C18H17F2N5O/c1-10(11-4-6-21-7-5-11)23-18(26)13-9-22-25-15(16(19)20)8-14(12-2-3-12)24-17(13)25/h4-10,12,16H,2-3H2,1H3,(H,23,26)/p+1. The number of nitrogens with one attached hydrogen (secondary N) is 2. The van der Waals surface area contributed by atoms with Crippen molar-refractivity contribution in [3.8, 4) is 0 Å². The smallest absolute Gasteiger partial charge is 0.280 e. The van der Waals surface area contributed by atoms with Gasteiger partial charge in [-0.05, 0) is 31.4 Å². The quantitative estimate of drug-likeness (QED) is 0.762. The number of amides is 1. The molecule has 0 saturated heterocycles. The number of H-pyrrole nitrogens is 1. The number of alkyl halides is 2. The number of hydrogen-bond acceptors (Lipinski definition) is 3. The number of nitrogens with zero attached hydrogens (tertiary/aromatic N) is 3. The predicted molar refractivity (Wildman–Crippen MR) is 88.8 cm³/mol. The lowest BCUT2D eigenvalue weighted by atomic mass is 10.1. The lowest BCUT2D eigenvalue weighted by Crippen LogP contribution is -2.27. The van der Waals surface area contributed by atoms with Gasteiger partial charge in [0.1, 0.15) is 11.3 Å². The summed E-state index contributed by atoms with van der Waals surface area (Å²) in [7, 11) is 0. The maximum atomic E-state index is 13.4. The van der Waals surface area contributed by atoms with E-state index in [0.717, 1.165) is 22.9 Å². The first kappa shape index (κ1) is 16.6. The molecule has 0 radical (unpaired) electrons. The van der Waals surface area contributed by atoms with Crippen LogP contribution in [0.4, 0.5) is 8.78 Å². The summed E-state index contributed by atoms with van der Waals surface area (Å²) in [5, 5.41) is 6.84. The zero-order valence-electron chi connectivity index (χ0n) is 14.1. The fraction of sp³-hybridized carbons (Fsp3) is 0.333. The van der Waals surface area contributed by atoms with Crippen LogP contribution in [0.5, 0.6) is 0 Å². The summed E-state index contributed by atoms with van der Waals surface area (Å²) in [6, 6.07) is 4.87. The molecular weight excluding hydrogens is 340 g/mol. The van der Waals surface area contributed by atoms with Crippen LogP contribution in [0.3, 0.4) is 0 Å². The van der Waals surface area contributed by atoms with Crippen molar-refractivity contribution in [3.63, 3.8) is 0 Å². The van der Waals surface area contributed by atoms with E-state index in [1.165, 1.54) is 12.3 Å². The van der Waals surface area contributed by atoms with Crippen molar-refractivity contribution >= 4 is 11.6 Å². The number of halogens is 2. The van der Waals surface area contributed by atoms with Crippen molar-refractivity contribution in [2.75, 3.05) is 0 Å². The Kier molecular flexibility index (Phi) is 4.10. The summed E-state index contributed by atoms with van der Waals surface area (Å²) in [4.78, 5) is 20.0. The van der Waals surface area contributed by atoms with E-state index in [-0.39, 0.29) is 34.8 Å². The lowest BCUT2D eigenvalue weighted by molar-refractivity contribution is -0.378. The maximum Gasteiger partial charge on any atom is 0.280 e. The minimum atomic E-state index is -2.69. The summed E-state index contributed by atoms with van der Waals surface area (Å²) in [6.45, 7) is 1.85. The van der Waals surface area contributed by atoms with Gasteiger partial charge < -0.3 is 5.32 Å². The second kappa shape index (κ2) is 6.44. The number of carbonyl (C=O) groups is 1. The van der Waals surface area contributed by atoms with Gasteiger partial charge in [-0.3, -0.25) is 4.79 Å². The van der Waals surface area contributed by atoms with Crippen molar-refractivity contribution in [1.29, 1.82) is 0 Å². The Hall–Kier alpha value is -2.90. The molecule has 1 saturated carbocycles. The molecule has 3 aromatic rings. The number of aromatic nitrogens is 4. The Morgan fingerprint density at radius 3 is 2.73 bits per heavy atom. The highest BCUT2D eigenvalue weighted by atomic mass is 19.3. The third-order valence-electron chi connectivity index (χ3n) is 4.57. The van der Waals surface area contributed by atoms with E-state index in [4.69, 9.17) is 0 Å². The Morgan fingerprint density at radius 1 is 1.35 bits per heavy atom. The molecule has 1 unspecified atom stereocenters. The van der Waals surface area contributed by atoms with Crippen molar-refractivity contribution < 1.29 is 18.6 Å². The van der Waals surface area contributed by atoms with Gasteiger partial charge in [-0.15, -0.1) is 0 Å². The largest absolute Gasteiger partial charge is 0.345 e. The van der Waals surface area contributed by atoms with Gasteiger partial charge in [0.25, 0.3) is 12.3 Å². The van der Waals surface area contributed by atoms with E-state index < -0.39 is 6.43 Å². The molecule has 2 N–H and O–H groups in total. The van der Waals surface area contributed by atoms with Crippen molar-refractivity contribution in [3.05, 3.63) is 59.3 Å². The van der Waals surface area contributed by atoms with E-state index in [0.29, 0.717) is 5.69 Å². The molecule has 1 aliphatic carbocycles. The van der Waals surface area contributed by atoms with Crippen molar-refractivity contribution in [2.24, 2.45) is 0 Å². The third-order valence-corrected chi connectivity index (χ3v) is 4.57. The fourth-order valence-corrected chi connectivity index (χ4v) is 2.96. The van der Waals surface area contributed by atoms with Crippen LogP contribution < -0.4 is 10.3 Å². The second-order valence-corrected chi connectivity index (χ2v) is 6.50. The Balaban J connectivity index is 1.69. The van der Waals surface area contributed by atoms with E-state index in [9.17, 15) is 13.6 Å². The van der Waals surface area contributed by atoms with Crippen molar-refractivity contribution in [2.45, 2.75) is 38.2 Å². The number of aromatic amines is 1. The predicted octanol–water partition coefficient (Wildman–Crippen LogP) is 2.85. The molecule has 0 aromatic carbocycles. The van der Waals surface area contributed by atoms with E-state index in [1.54, 1.807) is 12.4 Å². The van der Waals surface area contributed by atoms with Gasteiger partial charge in [0, 0.05) is 23.7 Å². The average molecular weight is 358 g/mol. The molecule has 0 aliphatic heterocycles. The Morgan fingerprint density at radius 2 is 2.08 bits per heavy atom. The number of hydrogen-bond donors (Lipinski definition) is 1. The number of carbonyl (C=O) groups excluding carboxylic acids is 1. The monoisotopic (exact) mass is 358 g/mol. The highest BCUT2D eigenvalue weighted by Crippen LogP contribution is 2.40. The molecule has 0 spiro atoms. The minimum absolute atomic E-state index is 0.177. The summed E-state index contributed by atoms with van der Waals surface area (Å²) in [5.41, 5.74) is 1.67. The molecule has 1 amide bonds. The van der Waals surface area contributed by atoms with Crippen LogP contribution in [0, 0.1) is 0 Å². The normalized spacial score (nSPS) is 15.4. The minimum Gasteiger partial charge on any atom is -0.345 e. The molecule has 0 bridgehead atoms. The molecule has 1 fully saturated rings. The van der Waals surface area contributed by atoms with Gasteiger partial charge in [-0.25, -0.2) is 23.3 Å². The fourth-order valence-electron chi connectivity index (χ4n) is 2.96. The number of pyridine rings is 1. The molecule has 4 rings (SSSR count). The summed E-state index contributed by atoms with van der Waals surface area (Å²) in [6.07, 6.45) is 4.02. The first-order chi connectivity index (χ1) is 12.5. The average Bonchev–Trinajstić information content (AvgIpc) is 3.40.